The third kappa shape index (κ3) is 11.2. The first-order valence-corrected chi connectivity index (χ1v) is 23.6. The van der Waals surface area contributed by atoms with Crippen LogP contribution in [0.2, 0.25) is 0 Å². The van der Waals surface area contributed by atoms with Crippen LogP contribution in [0.4, 0.5) is 0 Å². The van der Waals surface area contributed by atoms with E-state index in [1.165, 1.54) is 14.0 Å². The maximum atomic E-state index is 14.4. The number of aliphatic hydroxyl groups excluding tert-OH is 4. The Morgan fingerprint density at radius 2 is 1.62 bits per heavy atom. The van der Waals surface area contributed by atoms with Gasteiger partial charge in [-0.1, -0.05) is 50.3 Å². The standard InChI is InChI=1S/C48H76N4O14/c1-12-36-48(9,59)41(56)27(3)38(54)33-20-47(8,61-25-33)43(28(4)40(29(5)44(58)64-36)65-37-21-46(7,60-11)42(57)30(6)63-37)66-45-39(55)35(19-26(2)62-45)51(10)18-17-34-23-52(50-49-34)22-31-13-15-32(24-53)16-14-31/h13-16,23,26-30,33,35-37,39-43,45,53,55-57,59H,12,17-22,24-25H2,1-11H3/t26-,27+,28+,29-,30+,33+,35+,36-,37+,39-,40+,41-,42+,43-,45+,46-,47-,48-/m1/s1. The summed E-state index contributed by atoms with van der Waals surface area (Å²) in [6, 6.07) is 7.25. The lowest BCUT2D eigenvalue weighted by molar-refractivity contribution is -0.317. The van der Waals surface area contributed by atoms with Crippen LogP contribution in [0.25, 0.3) is 0 Å². The largest absolute Gasteiger partial charge is 0.459 e. The van der Waals surface area contributed by atoms with Crippen molar-refractivity contribution in [1.29, 1.82) is 0 Å². The van der Waals surface area contributed by atoms with E-state index in [9.17, 15) is 35.1 Å². The molecule has 4 fully saturated rings. The molecule has 66 heavy (non-hydrogen) atoms. The number of methoxy groups -OCH3 is 1. The molecule has 5 heterocycles. The normalized spacial score (nSPS) is 41.7. The number of fused-ring (bicyclic) bond motifs is 2. The van der Waals surface area contributed by atoms with E-state index >= 15 is 0 Å². The second-order valence-electron chi connectivity index (χ2n) is 20.2. The number of aliphatic hydroxyl groups is 5. The first kappa shape index (κ1) is 52.4. The summed E-state index contributed by atoms with van der Waals surface area (Å²) in [5.41, 5.74) is -1.61. The van der Waals surface area contributed by atoms with Crippen molar-refractivity contribution in [3.05, 3.63) is 47.3 Å². The van der Waals surface area contributed by atoms with Gasteiger partial charge in [-0.2, -0.15) is 0 Å². The molecule has 4 aliphatic heterocycles. The van der Waals surface area contributed by atoms with E-state index in [1.54, 1.807) is 39.3 Å². The Morgan fingerprint density at radius 3 is 2.27 bits per heavy atom. The molecule has 0 aliphatic carbocycles. The highest BCUT2D eigenvalue weighted by molar-refractivity contribution is 5.84. The van der Waals surface area contributed by atoms with E-state index in [-0.39, 0.29) is 44.4 Å². The van der Waals surface area contributed by atoms with Crippen LogP contribution in [0.5, 0.6) is 0 Å². The van der Waals surface area contributed by atoms with Gasteiger partial charge >= 0.3 is 5.97 Å². The van der Waals surface area contributed by atoms with Gasteiger partial charge in [0.05, 0.1) is 73.1 Å². The summed E-state index contributed by atoms with van der Waals surface area (Å²) in [7, 11) is 3.43. The molecule has 4 aliphatic rings. The van der Waals surface area contributed by atoms with Crippen LogP contribution < -0.4 is 0 Å². The Hall–Kier alpha value is -2.98. The fourth-order valence-corrected chi connectivity index (χ4v) is 10.6. The molecule has 5 N–H and O–H groups in total. The van der Waals surface area contributed by atoms with E-state index < -0.39 is 108 Å². The number of Topliss-reactive ketones (excluding diaryl/α,β-unsaturated/α-hetero) is 1. The average Bonchev–Trinajstić information content (AvgIpc) is 3.93. The molecule has 372 valence electrons. The monoisotopic (exact) mass is 933 g/mol. The van der Waals surface area contributed by atoms with Gasteiger partial charge in [0, 0.05) is 56.5 Å². The maximum Gasteiger partial charge on any atom is 0.311 e. The Kier molecular flexibility index (Phi) is 16.9. The number of carbonyl (C=O) groups excluding carboxylic acids is 2. The summed E-state index contributed by atoms with van der Waals surface area (Å²) < 4.78 is 46.6. The fraction of sp³-hybridized carbons (Fsp3) is 0.792. The van der Waals surface area contributed by atoms with Gasteiger partial charge in [0.15, 0.2) is 12.6 Å². The summed E-state index contributed by atoms with van der Waals surface area (Å²) in [6.07, 6.45) is -6.74. The van der Waals surface area contributed by atoms with Crippen molar-refractivity contribution < 1.29 is 68.3 Å². The number of ketones is 1. The Morgan fingerprint density at radius 1 is 0.939 bits per heavy atom. The minimum absolute atomic E-state index is 0.00137. The minimum Gasteiger partial charge on any atom is -0.459 e. The Bertz CT molecular complexity index is 1920. The van der Waals surface area contributed by atoms with E-state index in [2.05, 4.69) is 15.2 Å². The van der Waals surface area contributed by atoms with Crippen LogP contribution in [0.15, 0.2) is 30.5 Å². The summed E-state index contributed by atoms with van der Waals surface area (Å²) in [6.45, 7) is 16.4. The number of esters is 1. The molecule has 2 aromatic rings. The van der Waals surface area contributed by atoms with E-state index in [1.807, 2.05) is 58.3 Å². The molecule has 6 rings (SSSR count). The number of cyclic esters (lactones) is 1. The Labute approximate surface area is 389 Å². The lowest BCUT2D eigenvalue weighted by Crippen LogP contribution is -2.61. The predicted octanol–water partition coefficient (Wildman–Crippen LogP) is 2.55. The molecular weight excluding hydrogens is 857 g/mol. The topological polar surface area (TPSA) is 234 Å². The van der Waals surface area contributed by atoms with Crippen molar-refractivity contribution in [2.24, 2.45) is 23.7 Å². The lowest BCUT2D eigenvalue weighted by atomic mass is 9.75. The molecule has 0 saturated carbocycles. The van der Waals surface area contributed by atoms with Gasteiger partial charge in [0.2, 0.25) is 0 Å². The van der Waals surface area contributed by atoms with Gasteiger partial charge in [-0.15, -0.1) is 5.10 Å². The third-order valence-electron chi connectivity index (χ3n) is 15.0. The number of benzene rings is 1. The van der Waals surface area contributed by atoms with E-state index in [4.69, 9.17) is 33.2 Å². The highest BCUT2D eigenvalue weighted by Gasteiger charge is 2.56. The number of hydrogen-bond donors (Lipinski definition) is 5. The summed E-state index contributed by atoms with van der Waals surface area (Å²) in [5, 5.41) is 64.6. The summed E-state index contributed by atoms with van der Waals surface area (Å²) in [4.78, 5) is 30.6. The second kappa shape index (κ2) is 21.3. The van der Waals surface area contributed by atoms with Gasteiger partial charge in [-0.25, -0.2) is 4.68 Å². The van der Waals surface area contributed by atoms with Crippen molar-refractivity contribution in [3.8, 4) is 0 Å². The number of ether oxygens (including phenoxy) is 7. The van der Waals surface area contributed by atoms with Crippen molar-refractivity contribution in [2.45, 2.75) is 192 Å². The zero-order valence-electron chi connectivity index (χ0n) is 40.6. The molecule has 4 saturated heterocycles. The Balaban J connectivity index is 1.28. The molecule has 1 aromatic heterocycles. The molecule has 1 aromatic carbocycles. The molecule has 0 amide bonds. The number of nitrogens with zero attached hydrogens (tertiary/aromatic N) is 4. The number of likely N-dealkylation sites (N-methyl/N-ethyl adjacent to an activating group) is 1. The lowest BCUT2D eigenvalue weighted by Gasteiger charge is -2.49. The molecule has 18 atom stereocenters. The van der Waals surface area contributed by atoms with Crippen molar-refractivity contribution >= 4 is 11.8 Å². The molecule has 18 heteroatoms. The van der Waals surface area contributed by atoms with Crippen molar-refractivity contribution in [1.82, 2.24) is 19.9 Å². The summed E-state index contributed by atoms with van der Waals surface area (Å²) in [5.74, 6) is -4.55. The molecule has 0 radical (unpaired) electrons. The van der Waals surface area contributed by atoms with Crippen LogP contribution in [0.3, 0.4) is 0 Å². The van der Waals surface area contributed by atoms with Crippen LogP contribution in [0.1, 0.15) is 105 Å². The molecule has 0 spiro atoms. The molecule has 18 nitrogen and oxygen atoms in total. The first-order valence-electron chi connectivity index (χ1n) is 23.6. The molecular formula is C48H76N4O14. The minimum atomic E-state index is -1.99. The average molecular weight is 933 g/mol. The maximum absolute atomic E-state index is 14.4. The fourth-order valence-electron chi connectivity index (χ4n) is 10.6. The predicted molar refractivity (Wildman–Crippen MR) is 238 cm³/mol. The number of rotatable bonds is 13. The van der Waals surface area contributed by atoms with Crippen molar-refractivity contribution in [3.63, 3.8) is 0 Å². The van der Waals surface area contributed by atoms with Crippen LogP contribution in [-0.4, -0.2) is 169 Å². The molecule has 0 unspecified atom stereocenters. The number of carbonyl (C=O) groups is 2. The van der Waals surface area contributed by atoms with E-state index in [0.29, 0.717) is 25.9 Å². The van der Waals surface area contributed by atoms with Gasteiger partial charge in [0.1, 0.15) is 29.7 Å². The third-order valence-corrected chi connectivity index (χ3v) is 15.0. The summed E-state index contributed by atoms with van der Waals surface area (Å²) >= 11 is 0. The van der Waals surface area contributed by atoms with E-state index in [0.717, 1.165) is 16.8 Å². The van der Waals surface area contributed by atoms with Crippen LogP contribution >= 0.6 is 0 Å². The first-order chi connectivity index (χ1) is 31.0. The van der Waals surface area contributed by atoms with Gasteiger partial charge in [0.25, 0.3) is 0 Å². The van der Waals surface area contributed by atoms with Crippen molar-refractivity contribution in [2.75, 3.05) is 27.3 Å². The zero-order valence-corrected chi connectivity index (χ0v) is 40.6. The molecule has 2 bridgehead atoms. The SMILES string of the molecule is CC[C@H]1OC(=O)[C@H](C)[C@@H](O[C@H]2C[C@@](C)(OC)[C@@H](O)[C@H](C)O2)[C@H](C)[C@@H](O[C@@H]2O[C@H](C)C[C@H](N(C)CCc3cn(Cc4ccc(CO)cc4)nn3)[C@H]2O)[C@@]2(C)C[C@@H](CO2)C(=O)[C@H](C)[C@@H](O)[C@]1(C)O. The highest BCUT2D eigenvalue weighted by Crippen LogP contribution is 2.44. The second-order valence-corrected chi connectivity index (χ2v) is 20.2. The van der Waals surface area contributed by atoms with Gasteiger partial charge in [-0.05, 0) is 79.0 Å². The number of hydrogen-bond acceptors (Lipinski definition) is 17. The highest BCUT2D eigenvalue weighted by atomic mass is 16.7. The van der Waals surface area contributed by atoms with Gasteiger partial charge < -0.3 is 63.6 Å². The zero-order chi connectivity index (χ0) is 48.5. The van der Waals surface area contributed by atoms with Gasteiger partial charge in [-0.3, -0.25) is 9.59 Å². The quantitative estimate of drug-likeness (QED) is 0.182. The van der Waals surface area contributed by atoms with Crippen LogP contribution in [0, 0.1) is 23.7 Å². The number of aromatic nitrogens is 3. The van der Waals surface area contributed by atoms with Crippen LogP contribution in [-0.2, 0) is 62.3 Å². The smallest absolute Gasteiger partial charge is 0.311 e.